The summed E-state index contributed by atoms with van der Waals surface area (Å²) in [5.41, 5.74) is 4.80. The van der Waals surface area contributed by atoms with Crippen LogP contribution in [0.4, 0.5) is 0 Å². The third-order valence-electron chi connectivity index (χ3n) is 5.15. The minimum atomic E-state index is -0.867. The number of carbonyl (C=O) groups is 2. The van der Waals surface area contributed by atoms with Crippen molar-refractivity contribution in [3.63, 3.8) is 0 Å². The van der Waals surface area contributed by atoms with E-state index in [1.165, 1.54) is 0 Å². The Hall–Kier alpha value is -1.10. The summed E-state index contributed by atoms with van der Waals surface area (Å²) in [7, 11) is 0. The van der Waals surface area contributed by atoms with E-state index in [9.17, 15) is 9.59 Å². The van der Waals surface area contributed by atoms with Crippen molar-refractivity contribution in [2.24, 2.45) is 17.1 Å². The Morgan fingerprint density at radius 2 is 1.89 bits per heavy atom. The van der Waals surface area contributed by atoms with Crippen molar-refractivity contribution in [3.05, 3.63) is 0 Å². The monoisotopic (exact) mass is 267 g/mol. The van der Waals surface area contributed by atoms with Gasteiger partial charge in [-0.25, -0.2) is 0 Å². The molecule has 0 bridgehead atoms. The lowest BCUT2D eigenvalue weighted by Gasteiger charge is -2.30. The number of hydrogen-bond donors (Lipinski definition) is 3. The molecule has 19 heavy (non-hydrogen) atoms. The first-order valence-electron chi connectivity index (χ1n) is 7.32. The van der Waals surface area contributed by atoms with Gasteiger partial charge in [-0.15, -0.1) is 0 Å². The van der Waals surface area contributed by atoms with Crippen molar-refractivity contribution in [2.45, 2.75) is 51.5 Å². The summed E-state index contributed by atoms with van der Waals surface area (Å²) >= 11 is 0. The van der Waals surface area contributed by atoms with Gasteiger partial charge in [0.1, 0.15) is 5.54 Å². The molecule has 1 saturated carbocycles. The molecule has 2 rings (SSSR count). The van der Waals surface area contributed by atoms with Crippen LogP contribution in [0.15, 0.2) is 0 Å². The topological polar surface area (TPSA) is 84.2 Å². The first-order chi connectivity index (χ1) is 8.99. The van der Waals surface area contributed by atoms with Crippen molar-refractivity contribution in [1.82, 2.24) is 10.6 Å². The highest BCUT2D eigenvalue weighted by Gasteiger charge is 2.58. The minimum absolute atomic E-state index is 0.0180. The van der Waals surface area contributed by atoms with Crippen LogP contribution in [0, 0.1) is 11.3 Å². The average molecular weight is 267 g/mol. The lowest BCUT2D eigenvalue weighted by Crippen LogP contribution is -2.57. The fourth-order valence-corrected chi connectivity index (χ4v) is 3.36. The SMILES string of the molecule is CCC(CC)(NC(=O)C1CC12CCNCC2)C(N)=O. The van der Waals surface area contributed by atoms with Gasteiger partial charge in [0.2, 0.25) is 11.8 Å². The van der Waals surface area contributed by atoms with Crippen LogP contribution in [-0.2, 0) is 9.59 Å². The lowest BCUT2D eigenvalue weighted by molar-refractivity contribution is -0.133. The van der Waals surface area contributed by atoms with Gasteiger partial charge in [0.15, 0.2) is 0 Å². The first kappa shape index (κ1) is 14.3. The Labute approximate surface area is 114 Å². The number of primary amides is 1. The van der Waals surface area contributed by atoms with Crippen molar-refractivity contribution in [1.29, 1.82) is 0 Å². The van der Waals surface area contributed by atoms with Crippen LogP contribution in [0.3, 0.4) is 0 Å². The zero-order chi connectivity index (χ0) is 14.1. The number of piperidine rings is 1. The predicted octanol–water partition coefficient (Wildman–Crippen LogP) is 0.536. The third kappa shape index (κ3) is 2.48. The highest BCUT2D eigenvalue weighted by Crippen LogP contribution is 2.58. The van der Waals surface area contributed by atoms with E-state index in [1.807, 2.05) is 13.8 Å². The molecule has 1 aliphatic heterocycles. The molecule has 2 amide bonds. The zero-order valence-electron chi connectivity index (χ0n) is 11.9. The molecule has 1 heterocycles. The largest absolute Gasteiger partial charge is 0.368 e. The highest BCUT2D eigenvalue weighted by molar-refractivity contribution is 5.92. The van der Waals surface area contributed by atoms with Crippen molar-refractivity contribution in [2.75, 3.05) is 13.1 Å². The first-order valence-corrected chi connectivity index (χ1v) is 7.32. The maximum atomic E-state index is 12.4. The molecule has 0 aromatic carbocycles. The molecule has 5 heteroatoms. The van der Waals surface area contributed by atoms with E-state index in [2.05, 4.69) is 10.6 Å². The molecule has 1 saturated heterocycles. The molecule has 0 aromatic rings. The van der Waals surface area contributed by atoms with Crippen LogP contribution in [0.2, 0.25) is 0 Å². The Kier molecular flexibility index (Phi) is 3.85. The van der Waals surface area contributed by atoms with E-state index in [0.29, 0.717) is 12.8 Å². The number of nitrogens with one attached hydrogen (secondary N) is 2. The van der Waals surface area contributed by atoms with Gasteiger partial charge >= 0.3 is 0 Å². The summed E-state index contributed by atoms with van der Waals surface area (Å²) in [6.07, 6.45) is 4.18. The number of carbonyl (C=O) groups excluding carboxylic acids is 2. The second-order valence-electron chi connectivity index (χ2n) is 6.01. The molecule has 1 spiro atoms. The second kappa shape index (κ2) is 5.12. The Balaban J connectivity index is 2.00. The van der Waals surface area contributed by atoms with Gasteiger partial charge in [0.25, 0.3) is 0 Å². The van der Waals surface area contributed by atoms with Crippen LogP contribution in [-0.4, -0.2) is 30.4 Å². The fourth-order valence-electron chi connectivity index (χ4n) is 3.36. The standard InChI is InChI=1S/C14H25N3O2/c1-3-14(4-2,12(15)19)17-11(18)10-9-13(10)5-7-16-8-6-13/h10,16H,3-9H2,1-2H3,(H2,15,19)(H,17,18). The van der Waals surface area contributed by atoms with Gasteiger partial charge in [0, 0.05) is 5.92 Å². The molecular formula is C14H25N3O2. The van der Waals surface area contributed by atoms with Crippen molar-refractivity contribution >= 4 is 11.8 Å². The van der Waals surface area contributed by atoms with Crippen molar-refractivity contribution < 1.29 is 9.59 Å². The summed E-state index contributed by atoms with van der Waals surface area (Å²) in [5.74, 6) is -0.332. The smallest absolute Gasteiger partial charge is 0.243 e. The van der Waals surface area contributed by atoms with E-state index < -0.39 is 11.4 Å². The Morgan fingerprint density at radius 1 is 1.32 bits per heavy atom. The molecule has 0 radical (unpaired) electrons. The third-order valence-corrected chi connectivity index (χ3v) is 5.15. The van der Waals surface area contributed by atoms with E-state index in [0.717, 1.165) is 32.4 Å². The maximum absolute atomic E-state index is 12.4. The van der Waals surface area contributed by atoms with Gasteiger partial charge < -0.3 is 16.4 Å². The van der Waals surface area contributed by atoms with Gasteiger partial charge in [-0.05, 0) is 50.6 Å². The molecule has 0 aromatic heterocycles. The quantitative estimate of drug-likeness (QED) is 0.679. The maximum Gasteiger partial charge on any atom is 0.243 e. The number of rotatable bonds is 5. The zero-order valence-corrected chi connectivity index (χ0v) is 11.9. The molecule has 4 N–H and O–H groups in total. The van der Waals surface area contributed by atoms with Gasteiger partial charge in [0.05, 0.1) is 0 Å². The summed E-state index contributed by atoms with van der Waals surface area (Å²) in [6.45, 7) is 5.77. The van der Waals surface area contributed by atoms with Gasteiger partial charge in [-0.2, -0.15) is 0 Å². The normalized spacial score (nSPS) is 25.1. The molecule has 1 aliphatic carbocycles. The van der Waals surface area contributed by atoms with E-state index >= 15 is 0 Å². The van der Waals surface area contributed by atoms with E-state index in [-0.39, 0.29) is 17.2 Å². The van der Waals surface area contributed by atoms with Crippen molar-refractivity contribution in [3.8, 4) is 0 Å². The predicted molar refractivity (Wildman–Crippen MR) is 73.3 cm³/mol. The van der Waals surface area contributed by atoms with Crippen LogP contribution in [0.1, 0.15) is 46.0 Å². The molecule has 5 nitrogen and oxygen atoms in total. The average Bonchev–Trinajstić information content (AvgIpc) is 3.10. The fraction of sp³-hybridized carbons (Fsp3) is 0.857. The van der Waals surface area contributed by atoms with Crippen LogP contribution in [0.25, 0.3) is 0 Å². The Bertz CT molecular complexity index is 371. The highest BCUT2D eigenvalue weighted by atomic mass is 16.2. The minimum Gasteiger partial charge on any atom is -0.368 e. The molecule has 1 unspecified atom stereocenters. The molecular weight excluding hydrogens is 242 g/mol. The summed E-state index contributed by atoms with van der Waals surface area (Å²) in [6, 6.07) is 0. The molecule has 2 aliphatic rings. The van der Waals surface area contributed by atoms with Crippen LogP contribution < -0.4 is 16.4 Å². The van der Waals surface area contributed by atoms with E-state index in [1.54, 1.807) is 0 Å². The second-order valence-corrected chi connectivity index (χ2v) is 6.01. The summed E-state index contributed by atoms with van der Waals surface area (Å²) in [4.78, 5) is 24.0. The van der Waals surface area contributed by atoms with Crippen LogP contribution in [0.5, 0.6) is 0 Å². The lowest BCUT2D eigenvalue weighted by atomic mass is 9.89. The number of nitrogens with two attached hydrogens (primary N) is 1. The molecule has 1 atom stereocenters. The molecule has 108 valence electrons. The van der Waals surface area contributed by atoms with Gasteiger partial charge in [-0.3, -0.25) is 9.59 Å². The van der Waals surface area contributed by atoms with Gasteiger partial charge in [-0.1, -0.05) is 13.8 Å². The summed E-state index contributed by atoms with van der Waals surface area (Å²) in [5, 5.41) is 6.25. The number of hydrogen-bond acceptors (Lipinski definition) is 3. The molecule has 2 fully saturated rings. The van der Waals surface area contributed by atoms with E-state index in [4.69, 9.17) is 5.73 Å². The Morgan fingerprint density at radius 3 is 2.37 bits per heavy atom. The summed E-state index contributed by atoms with van der Waals surface area (Å²) < 4.78 is 0. The number of amides is 2. The van der Waals surface area contributed by atoms with Crippen LogP contribution >= 0.6 is 0 Å².